The van der Waals surface area contributed by atoms with E-state index < -0.39 is 26.5 Å². The van der Waals surface area contributed by atoms with Crippen molar-refractivity contribution in [1.29, 1.82) is 0 Å². The third-order valence-electron chi connectivity index (χ3n) is 11.2. The number of phosphoric ester groups is 1. The summed E-state index contributed by atoms with van der Waals surface area (Å²) in [7, 11) is -4.37. The molecule has 0 aliphatic carbocycles. The van der Waals surface area contributed by atoms with E-state index in [0.717, 1.165) is 32.1 Å². The van der Waals surface area contributed by atoms with Crippen molar-refractivity contribution in [3.63, 3.8) is 0 Å². The summed E-state index contributed by atoms with van der Waals surface area (Å²) in [4.78, 5) is 35.0. The highest BCUT2D eigenvalue weighted by atomic mass is 31.2. The van der Waals surface area contributed by atoms with Gasteiger partial charge in [-0.2, -0.15) is 0 Å². The van der Waals surface area contributed by atoms with Gasteiger partial charge in [-0.1, -0.05) is 239 Å². The predicted octanol–water partition coefficient (Wildman–Crippen LogP) is 14.8. The van der Waals surface area contributed by atoms with E-state index in [4.69, 9.17) is 24.3 Å². The first kappa shape index (κ1) is 57.0. The van der Waals surface area contributed by atoms with E-state index in [1.54, 1.807) is 0 Å². The van der Waals surface area contributed by atoms with Gasteiger partial charge in [-0.15, -0.1) is 0 Å². The summed E-state index contributed by atoms with van der Waals surface area (Å²) in [5.41, 5.74) is 5.36. The van der Waals surface area contributed by atoms with Crippen LogP contribution in [0.25, 0.3) is 0 Å². The molecule has 0 fully saturated rings. The van der Waals surface area contributed by atoms with Gasteiger partial charge in [0.2, 0.25) is 0 Å². The monoisotopic (exact) mass is 846 g/mol. The average molecular weight is 846 g/mol. The van der Waals surface area contributed by atoms with Gasteiger partial charge in [0.05, 0.1) is 13.2 Å². The summed E-state index contributed by atoms with van der Waals surface area (Å²) < 4.78 is 32.9. The van der Waals surface area contributed by atoms with Crippen LogP contribution in [0.4, 0.5) is 0 Å². The van der Waals surface area contributed by atoms with Gasteiger partial charge < -0.3 is 20.1 Å². The Kier molecular flexibility index (Phi) is 44.8. The van der Waals surface area contributed by atoms with E-state index in [1.165, 1.54) is 199 Å². The number of unbranched alkanes of at least 4 members (excludes halogenated alkanes) is 35. The standard InChI is InChI=1S/C48H96NO8P/c1-3-5-7-9-11-13-15-17-19-20-21-22-23-24-25-26-27-29-31-33-35-37-39-41-48(51)57-46(45-56-58(52,53)55-43-42-49)44-54-47(50)40-38-36-34-32-30-28-18-16-14-12-10-8-6-4-2/h46H,3-45,49H2,1-2H3,(H,52,53). The maximum absolute atomic E-state index is 12.6. The Labute approximate surface area is 358 Å². The van der Waals surface area contributed by atoms with E-state index in [-0.39, 0.29) is 38.6 Å². The number of carbonyl (C=O) groups is 2. The lowest BCUT2D eigenvalue weighted by Gasteiger charge is -2.19. The number of hydrogen-bond donors (Lipinski definition) is 2. The quantitative estimate of drug-likeness (QED) is 0.0349. The molecular weight excluding hydrogens is 750 g/mol. The lowest BCUT2D eigenvalue weighted by atomic mass is 10.0. The Morgan fingerprint density at radius 2 is 0.741 bits per heavy atom. The normalized spacial score (nSPS) is 13.1. The van der Waals surface area contributed by atoms with E-state index in [0.29, 0.717) is 6.42 Å². The third kappa shape index (κ3) is 44.6. The van der Waals surface area contributed by atoms with Crippen LogP contribution in [0.3, 0.4) is 0 Å². The van der Waals surface area contributed by atoms with E-state index in [1.807, 2.05) is 0 Å². The molecule has 0 saturated carbocycles. The van der Waals surface area contributed by atoms with Crippen LogP contribution in [-0.4, -0.2) is 49.3 Å². The number of rotatable bonds is 48. The molecule has 9 nitrogen and oxygen atoms in total. The molecule has 0 aliphatic rings. The molecule has 2 atom stereocenters. The highest BCUT2D eigenvalue weighted by molar-refractivity contribution is 7.47. The van der Waals surface area contributed by atoms with Crippen molar-refractivity contribution in [3.8, 4) is 0 Å². The maximum atomic E-state index is 12.6. The molecule has 0 rings (SSSR count). The van der Waals surface area contributed by atoms with Gasteiger partial charge in [-0.25, -0.2) is 4.57 Å². The molecule has 0 aromatic carbocycles. The van der Waals surface area contributed by atoms with Crippen molar-refractivity contribution in [1.82, 2.24) is 0 Å². The van der Waals surface area contributed by atoms with Crippen LogP contribution in [0.15, 0.2) is 0 Å². The fraction of sp³-hybridized carbons (Fsp3) is 0.958. The van der Waals surface area contributed by atoms with Gasteiger partial charge >= 0.3 is 19.8 Å². The average Bonchev–Trinajstić information content (AvgIpc) is 3.21. The van der Waals surface area contributed by atoms with Crippen LogP contribution < -0.4 is 5.73 Å². The molecule has 0 saturated heterocycles. The topological polar surface area (TPSA) is 134 Å². The summed E-state index contributed by atoms with van der Waals surface area (Å²) in [5.74, 6) is -0.808. The third-order valence-corrected chi connectivity index (χ3v) is 12.2. The molecule has 0 heterocycles. The van der Waals surface area contributed by atoms with Gasteiger partial charge in [0.15, 0.2) is 6.10 Å². The smallest absolute Gasteiger partial charge is 0.462 e. The fourth-order valence-electron chi connectivity index (χ4n) is 7.52. The number of phosphoric acid groups is 1. The summed E-state index contributed by atoms with van der Waals surface area (Å²) >= 11 is 0. The van der Waals surface area contributed by atoms with Crippen molar-refractivity contribution < 1.29 is 37.6 Å². The minimum absolute atomic E-state index is 0.0583. The fourth-order valence-corrected chi connectivity index (χ4v) is 8.29. The molecule has 58 heavy (non-hydrogen) atoms. The van der Waals surface area contributed by atoms with E-state index >= 15 is 0 Å². The van der Waals surface area contributed by atoms with Crippen molar-refractivity contribution in [2.45, 2.75) is 270 Å². The van der Waals surface area contributed by atoms with Crippen LogP contribution >= 0.6 is 7.82 Å². The lowest BCUT2D eigenvalue weighted by Crippen LogP contribution is -2.29. The van der Waals surface area contributed by atoms with Crippen molar-refractivity contribution in [2.24, 2.45) is 5.73 Å². The minimum Gasteiger partial charge on any atom is -0.462 e. The van der Waals surface area contributed by atoms with Crippen LogP contribution in [-0.2, 0) is 32.7 Å². The number of carbonyl (C=O) groups excluding carboxylic acids is 2. The number of ether oxygens (including phenoxy) is 2. The SMILES string of the molecule is CCCCCCCCCCCCCCCCCCCCCCCCCC(=O)OC(COC(=O)CCCCCCCCCCCCCCCC)COP(=O)(O)OCCN. The molecule has 0 radical (unpaired) electrons. The summed E-state index contributed by atoms with van der Waals surface area (Å²) in [5, 5.41) is 0. The zero-order valence-corrected chi connectivity index (χ0v) is 39.2. The molecule has 0 spiro atoms. The highest BCUT2D eigenvalue weighted by Crippen LogP contribution is 2.43. The zero-order valence-electron chi connectivity index (χ0n) is 38.3. The van der Waals surface area contributed by atoms with Crippen molar-refractivity contribution >= 4 is 19.8 Å². The molecule has 0 aromatic heterocycles. The lowest BCUT2D eigenvalue weighted by molar-refractivity contribution is -0.161. The first-order chi connectivity index (χ1) is 28.3. The van der Waals surface area contributed by atoms with E-state index in [2.05, 4.69) is 13.8 Å². The second kappa shape index (κ2) is 45.5. The van der Waals surface area contributed by atoms with Crippen LogP contribution in [0, 0.1) is 0 Å². The molecule has 346 valence electrons. The van der Waals surface area contributed by atoms with Crippen LogP contribution in [0.2, 0.25) is 0 Å². The Hall–Kier alpha value is -0.990. The number of esters is 2. The van der Waals surface area contributed by atoms with Crippen LogP contribution in [0.5, 0.6) is 0 Å². The molecule has 2 unspecified atom stereocenters. The molecule has 0 aliphatic heterocycles. The first-order valence-electron chi connectivity index (χ1n) is 25.0. The zero-order chi connectivity index (χ0) is 42.5. The molecule has 3 N–H and O–H groups in total. The molecular formula is C48H96NO8P. The Balaban J connectivity index is 3.97. The minimum atomic E-state index is -4.37. The summed E-state index contributed by atoms with van der Waals surface area (Å²) in [6.07, 6.45) is 47.1. The summed E-state index contributed by atoms with van der Waals surface area (Å²) in [6, 6.07) is 0. The van der Waals surface area contributed by atoms with Gasteiger partial charge in [0, 0.05) is 19.4 Å². The molecule has 0 amide bonds. The van der Waals surface area contributed by atoms with Crippen molar-refractivity contribution in [2.75, 3.05) is 26.4 Å². The number of hydrogen-bond acceptors (Lipinski definition) is 8. The maximum Gasteiger partial charge on any atom is 0.472 e. The predicted molar refractivity (Wildman–Crippen MR) is 243 cm³/mol. The Bertz CT molecular complexity index is 922. The molecule has 10 heteroatoms. The molecule has 0 aromatic rings. The van der Waals surface area contributed by atoms with Crippen LogP contribution in [0.1, 0.15) is 264 Å². The second-order valence-corrected chi connectivity index (χ2v) is 18.5. The largest absolute Gasteiger partial charge is 0.472 e. The first-order valence-corrected chi connectivity index (χ1v) is 26.5. The van der Waals surface area contributed by atoms with Gasteiger partial charge in [0.25, 0.3) is 0 Å². The Morgan fingerprint density at radius 1 is 0.448 bits per heavy atom. The molecule has 0 bridgehead atoms. The number of nitrogens with two attached hydrogens (primary N) is 1. The highest BCUT2D eigenvalue weighted by Gasteiger charge is 2.26. The summed E-state index contributed by atoms with van der Waals surface area (Å²) in [6.45, 7) is 3.79. The van der Waals surface area contributed by atoms with Gasteiger partial charge in [-0.05, 0) is 12.8 Å². The van der Waals surface area contributed by atoms with E-state index in [9.17, 15) is 19.0 Å². The Morgan fingerprint density at radius 3 is 1.05 bits per heavy atom. The van der Waals surface area contributed by atoms with Gasteiger partial charge in [-0.3, -0.25) is 18.6 Å². The second-order valence-electron chi connectivity index (χ2n) is 17.1. The van der Waals surface area contributed by atoms with Crippen molar-refractivity contribution in [3.05, 3.63) is 0 Å². The van der Waals surface area contributed by atoms with Gasteiger partial charge in [0.1, 0.15) is 6.61 Å².